The van der Waals surface area contributed by atoms with Crippen molar-refractivity contribution in [3.8, 4) is 0 Å². The van der Waals surface area contributed by atoms with Gasteiger partial charge in [-0.3, -0.25) is 9.59 Å². The van der Waals surface area contributed by atoms with Crippen LogP contribution in [0.15, 0.2) is 6.20 Å². The third-order valence-electron chi connectivity index (χ3n) is 3.23. The molecule has 1 aromatic rings. The number of nitrogens with zero attached hydrogens (tertiary/aromatic N) is 1. The second-order valence-electron chi connectivity index (χ2n) is 4.45. The highest BCUT2D eigenvalue weighted by atomic mass is 16.5. The van der Waals surface area contributed by atoms with Gasteiger partial charge >= 0.3 is 0 Å². The van der Waals surface area contributed by atoms with E-state index in [1.807, 2.05) is 0 Å². The third-order valence-corrected chi connectivity index (χ3v) is 3.23. The van der Waals surface area contributed by atoms with Crippen LogP contribution in [0.5, 0.6) is 0 Å². The summed E-state index contributed by atoms with van der Waals surface area (Å²) in [5, 5.41) is 2.78. The van der Waals surface area contributed by atoms with Gasteiger partial charge in [-0.05, 0) is 12.8 Å². The topological polar surface area (TPSA) is 84.1 Å². The molecule has 1 atom stereocenters. The lowest BCUT2D eigenvalue weighted by Gasteiger charge is -2.08. The van der Waals surface area contributed by atoms with Crippen molar-refractivity contribution in [1.29, 1.82) is 0 Å². The Bertz CT molecular complexity index is 424. The number of H-pyrrole nitrogens is 1. The molecule has 1 aromatic heterocycles. The number of rotatable bonds is 5. The van der Waals surface area contributed by atoms with Gasteiger partial charge in [0.2, 0.25) is 5.91 Å². The number of aromatic amines is 1. The summed E-state index contributed by atoms with van der Waals surface area (Å²) in [6, 6.07) is 0. The van der Waals surface area contributed by atoms with Gasteiger partial charge in [0.15, 0.2) is 12.4 Å². The van der Waals surface area contributed by atoms with Crippen molar-refractivity contribution >= 4 is 18.0 Å². The van der Waals surface area contributed by atoms with Gasteiger partial charge in [0, 0.05) is 13.0 Å². The molecule has 18 heavy (non-hydrogen) atoms. The van der Waals surface area contributed by atoms with Crippen LogP contribution in [0, 0.1) is 5.92 Å². The number of ether oxygens (including phenoxy) is 1. The van der Waals surface area contributed by atoms with E-state index in [0.717, 1.165) is 25.7 Å². The van der Waals surface area contributed by atoms with E-state index in [4.69, 9.17) is 4.74 Å². The molecule has 1 fully saturated rings. The van der Waals surface area contributed by atoms with Crippen molar-refractivity contribution in [2.24, 2.45) is 5.92 Å². The molecule has 1 aliphatic carbocycles. The van der Waals surface area contributed by atoms with Crippen LogP contribution >= 0.6 is 0 Å². The van der Waals surface area contributed by atoms with Crippen LogP contribution in [0.1, 0.15) is 37.6 Å². The Labute approximate surface area is 105 Å². The molecular formula is C12H17N3O3. The Balaban J connectivity index is 1.97. The number of hydrogen-bond acceptors (Lipinski definition) is 4. The van der Waals surface area contributed by atoms with E-state index in [1.54, 1.807) is 0 Å². The van der Waals surface area contributed by atoms with E-state index < -0.39 is 6.10 Å². The number of methoxy groups -OCH3 is 1. The molecule has 0 aromatic carbocycles. The van der Waals surface area contributed by atoms with Gasteiger partial charge in [-0.25, -0.2) is 4.98 Å². The van der Waals surface area contributed by atoms with Gasteiger partial charge < -0.3 is 15.0 Å². The van der Waals surface area contributed by atoms with E-state index in [-0.39, 0.29) is 11.8 Å². The highest BCUT2D eigenvalue weighted by Crippen LogP contribution is 2.25. The first kappa shape index (κ1) is 12.8. The van der Waals surface area contributed by atoms with Crippen LogP contribution in [0.3, 0.4) is 0 Å². The summed E-state index contributed by atoms with van der Waals surface area (Å²) in [5.74, 6) is 1.02. The molecule has 0 saturated heterocycles. The maximum absolute atomic E-state index is 11.9. The Morgan fingerprint density at radius 3 is 2.94 bits per heavy atom. The number of aromatic nitrogens is 2. The van der Waals surface area contributed by atoms with Crippen molar-refractivity contribution < 1.29 is 14.3 Å². The van der Waals surface area contributed by atoms with Crippen molar-refractivity contribution in [2.75, 3.05) is 12.4 Å². The lowest BCUT2D eigenvalue weighted by molar-refractivity contribution is -0.119. The molecule has 0 radical (unpaired) electrons. The number of carbonyl (C=O) groups is 2. The van der Waals surface area contributed by atoms with E-state index in [0.29, 0.717) is 17.9 Å². The lowest BCUT2D eigenvalue weighted by Crippen LogP contribution is -2.20. The van der Waals surface area contributed by atoms with Crippen LogP contribution in [0.2, 0.25) is 0 Å². The Hall–Kier alpha value is -1.69. The standard InChI is InChI=1S/C12H17N3O3/c1-18-9(7-16)11-13-6-10(14-11)15-12(17)8-4-2-3-5-8/h6-9H,2-5H2,1H3,(H,13,14)(H,15,17). The van der Waals surface area contributed by atoms with Crippen LogP contribution < -0.4 is 5.32 Å². The Morgan fingerprint density at radius 2 is 2.33 bits per heavy atom. The predicted molar refractivity (Wildman–Crippen MR) is 65.0 cm³/mol. The number of imidazole rings is 1. The fourth-order valence-corrected chi connectivity index (χ4v) is 2.20. The lowest BCUT2D eigenvalue weighted by atomic mass is 10.1. The summed E-state index contributed by atoms with van der Waals surface area (Å²) < 4.78 is 4.93. The summed E-state index contributed by atoms with van der Waals surface area (Å²) in [6.07, 6.45) is 5.55. The molecule has 1 heterocycles. The minimum Gasteiger partial charge on any atom is -0.366 e. The van der Waals surface area contributed by atoms with Gasteiger partial charge in [0.05, 0.1) is 6.20 Å². The molecule has 2 rings (SSSR count). The van der Waals surface area contributed by atoms with E-state index >= 15 is 0 Å². The molecule has 1 aliphatic rings. The van der Waals surface area contributed by atoms with Crippen LogP contribution in [0.25, 0.3) is 0 Å². The number of nitrogens with one attached hydrogen (secondary N) is 2. The van der Waals surface area contributed by atoms with Crippen molar-refractivity contribution in [1.82, 2.24) is 9.97 Å². The molecule has 0 bridgehead atoms. The number of hydrogen-bond donors (Lipinski definition) is 2. The smallest absolute Gasteiger partial charge is 0.228 e. The zero-order valence-electron chi connectivity index (χ0n) is 10.3. The largest absolute Gasteiger partial charge is 0.366 e. The average Bonchev–Trinajstić information content (AvgIpc) is 3.01. The van der Waals surface area contributed by atoms with Crippen LogP contribution in [-0.4, -0.2) is 29.3 Å². The maximum atomic E-state index is 11.9. The quantitative estimate of drug-likeness (QED) is 0.775. The minimum absolute atomic E-state index is 0.0165. The van der Waals surface area contributed by atoms with Gasteiger partial charge in [-0.15, -0.1) is 0 Å². The van der Waals surface area contributed by atoms with Gasteiger partial charge in [0.1, 0.15) is 11.6 Å². The first-order valence-corrected chi connectivity index (χ1v) is 6.08. The maximum Gasteiger partial charge on any atom is 0.228 e. The molecule has 98 valence electrons. The summed E-state index contributed by atoms with van der Waals surface area (Å²) in [5.41, 5.74) is 0. The molecule has 2 N–H and O–H groups in total. The van der Waals surface area contributed by atoms with Gasteiger partial charge in [-0.2, -0.15) is 0 Å². The minimum atomic E-state index is -0.720. The highest BCUT2D eigenvalue weighted by Gasteiger charge is 2.23. The second kappa shape index (κ2) is 5.77. The van der Waals surface area contributed by atoms with Crippen molar-refractivity contribution in [3.05, 3.63) is 12.0 Å². The number of anilines is 1. The average molecular weight is 251 g/mol. The van der Waals surface area contributed by atoms with Crippen molar-refractivity contribution in [2.45, 2.75) is 31.8 Å². The zero-order valence-corrected chi connectivity index (χ0v) is 10.3. The fourth-order valence-electron chi connectivity index (χ4n) is 2.20. The SMILES string of the molecule is COC(C=O)c1ncc(NC(=O)C2CCCC2)[nH]1. The predicted octanol–water partition coefficient (Wildman–Crippen LogP) is 1.42. The van der Waals surface area contributed by atoms with E-state index in [9.17, 15) is 9.59 Å². The first-order valence-electron chi connectivity index (χ1n) is 6.08. The Kier molecular flexibility index (Phi) is 4.09. The first-order chi connectivity index (χ1) is 8.74. The highest BCUT2D eigenvalue weighted by molar-refractivity contribution is 5.91. The fraction of sp³-hybridized carbons (Fsp3) is 0.583. The summed E-state index contributed by atoms with van der Waals surface area (Å²) >= 11 is 0. The molecule has 0 aliphatic heterocycles. The van der Waals surface area contributed by atoms with Crippen molar-refractivity contribution in [3.63, 3.8) is 0 Å². The second-order valence-corrected chi connectivity index (χ2v) is 4.45. The number of aldehydes is 1. The number of carbonyl (C=O) groups excluding carboxylic acids is 2. The molecular weight excluding hydrogens is 234 g/mol. The molecule has 1 saturated carbocycles. The van der Waals surface area contributed by atoms with Gasteiger partial charge in [0.25, 0.3) is 0 Å². The summed E-state index contributed by atoms with van der Waals surface area (Å²) in [6.45, 7) is 0. The summed E-state index contributed by atoms with van der Waals surface area (Å²) in [7, 11) is 1.43. The Morgan fingerprint density at radius 1 is 1.61 bits per heavy atom. The van der Waals surface area contributed by atoms with E-state index in [2.05, 4.69) is 15.3 Å². The molecule has 1 amide bonds. The normalized spacial score (nSPS) is 17.6. The van der Waals surface area contributed by atoms with E-state index in [1.165, 1.54) is 13.3 Å². The molecule has 6 nitrogen and oxygen atoms in total. The monoisotopic (exact) mass is 251 g/mol. The molecule has 0 spiro atoms. The van der Waals surface area contributed by atoms with Crippen LogP contribution in [0.4, 0.5) is 5.82 Å². The zero-order chi connectivity index (χ0) is 13.0. The third kappa shape index (κ3) is 2.76. The van der Waals surface area contributed by atoms with Gasteiger partial charge in [-0.1, -0.05) is 12.8 Å². The number of amides is 1. The molecule has 6 heteroatoms. The summed E-state index contributed by atoms with van der Waals surface area (Å²) in [4.78, 5) is 29.5. The molecule has 1 unspecified atom stereocenters. The van der Waals surface area contributed by atoms with Crippen LogP contribution in [-0.2, 0) is 14.3 Å².